The number of fused-ring (bicyclic) bond motifs is 1. The predicted octanol–water partition coefficient (Wildman–Crippen LogP) is 4.47. The van der Waals surface area contributed by atoms with Crippen LogP contribution in [0.2, 0.25) is 0 Å². The van der Waals surface area contributed by atoms with E-state index < -0.39 is 34.1 Å². The first-order valence-electron chi connectivity index (χ1n) is 18.1. The molecule has 1 aliphatic rings. The fourth-order valence-corrected chi connectivity index (χ4v) is 8.44. The van der Waals surface area contributed by atoms with Crippen molar-refractivity contribution in [2.24, 2.45) is 24.0 Å². The zero-order valence-electron chi connectivity index (χ0n) is 31.0. The van der Waals surface area contributed by atoms with Crippen molar-refractivity contribution in [3.05, 3.63) is 95.8 Å². The van der Waals surface area contributed by atoms with Gasteiger partial charge in [0, 0.05) is 33.2 Å². The highest BCUT2D eigenvalue weighted by Crippen LogP contribution is 2.25. The second-order valence-corrected chi connectivity index (χ2v) is 16.1. The molecular formula is C39H51N7O6S. The van der Waals surface area contributed by atoms with Crippen LogP contribution in [0.15, 0.2) is 88.9 Å². The number of imidazole rings is 1. The van der Waals surface area contributed by atoms with E-state index in [2.05, 4.69) is 10.5 Å². The Balaban J connectivity index is 1.38. The molecule has 1 aliphatic heterocycles. The summed E-state index contributed by atoms with van der Waals surface area (Å²) in [7, 11) is -2.14. The topological polar surface area (TPSA) is 161 Å². The van der Waals surface area contributed by atoms with Crippen LogP contribution < -0.4 is 5.32 Å². The Morgan fingerprint density at radius 3 is 2.32 bits per heavy atom. The molecule has 4 aromatic rings. The lowest BCUT2D eigenvalue weighted by atomic mass is 9.95. The smallest absolute Gasteiger partial charge is 0.321 e. The van der Waals surface area contributed by atoms with E-state index in [0.29, 0.717) is 31.6 Å². The van der Waals surface area contributed by atoms with Crippen molar-refractivity contribution in [2.45, 2.75) is 70.2 Å². The van der Waals surface area contributed by atoms with Crippen molar-refractivity contribution in [1.82, 2.24) is 29.0 Å². The molecule has 3 amide bonds. The Labute approximate surface area is 312 Å². The summed E-state index contributed by atoms with van der Waals surface area (Å²) in [6, 6.07) is 21.1. The first kappa shape index (κ1) is 39.4. The number of oxime groups is 1. The van der Waals surface area contributed by atoms with Crippen LogP contribution in [0, 0.1) is 11.8 Å². The fourth-order valence-electron chi connectivity index (χ4n) is 6.82. The molecule has 2 heterocycles. The van der Waals surface area contributed by atoms with Gasteiger partial charge in [-0.15, -0.1) is 0 Å². The first-order chi connectivity index (χ1) is 25.3. The van der Waals surface area contributed by atoms with E-state index in [9.17, 15) is 23.1 Å². The van der Waals surface area contributed by atoms with Crippen LogP contribution >= 0.6 is 0 Å². The molecule has 0 saturated carbocycles. The fraction of sp³-hybridized carbons (Fsp3) is 0.436. The highest BCUT2D eigenvalue weighted by Gasteiger charge is 2.41. The molecule has 0 spiro atoms. The highest BCUT2D eigenvalue weighted by molar-refractivity contribution is 7.89. The molecule has 0 aliphatic carbocycles. The minimum Gasteiger partial charge on any atom is -0.411 e. The Bertz CT molecular complexity index is 1980. The summed E-state index contributed by atoms with van der Waals surface area (Å²) in [6.45, 7) is 8.60. The van der Waals surface area contributed by atoms with Gasteiger partial charge in [-0.05, 0) is 53.6 Å². The molecule has 0 radical (unpaired) electrons. The van der Waals surface area contributed by atoms with Crippen molar-refractivity contribution in [3.63, 3.8) is 0 Å². The maximum atomic E-state index is 14.4. The van der Waals surface area contributed by atoms with Gasteiger partial charge < -0.3 is 30.0 Å². The van der Waals surface area contributed by atoms with Gasteiger partial charge in [-0.25, -0.2) is 18.2 Å². The second-order valence-electron chi connectivity index (χ2n) is 14.2. The lowest BCUT2D eigenvalue weighted by Gasteiger charge is -2.35. The van der Waals surface area contributed by atoms with Crippen LogP contribution in [0.5, 0.6) is 0 Å². The number of carbonyl (C=O) groups is 2. The molecular weight excluding hydrogens is 695 g/mol. The normalized spacial score (nSPS) is 16.2. The second kappa shape index (κ2) is 17.4. The summed E-state index contributed by atoms with van der Waals surface area (Å²) in [5.74, 6) is 0.0633. The predicted molar refractivity (Wildman–Crippen MR) is 204 cm³/mol. The van der Waals surface area contributed by atoms with Gasteiger partial charge in [0.1, 0.15) is 11.9 Å². The summed E-state index contributed by atoms with van der Waals surface area (Å²) in [5.41, 5.74) is 3.19. The molecule has 3 N–H and O–H groups in total. The standard InChI is InChI=1S/C39H51N7O6S/c1-6-28(4)37(46-21-20-44(39(46)49)26-36-41-32-14-10-11-15-34(32)43(36)5)38(48)42-33(22-29-12-8-7-9-13-29)35(47)25-45(24-27(2)3)53(51,52)31-18-16-30(17-19-31)23-40-50/h7-19,23,27-28,33,35,37,47,50H,6,20-22,24-26H2,1-5H3,(H,42,48)/b40-23+/t28-,33-,35?,37+/m0/s1. The van der Waals surface area contributed by atoms with Gasteiger partial charge in [0.15, 0.2) is 0 Å². The van der Waals surface area contributed by atoms with Gasteiger partial charge in [-0.1, -0.05) is 93.9 Å². The van der Waals surface area contributed by atoms with Gasteiger partial charge in [0.25, 0.3) is 0 Å². The van der Waals surface area contributed by atoms with Crippen LogP contribution in [-0.2, 0) is 34.8 Å². The summed E-state index contributed by atoms with van der Waals surface area (Å²) < 4.78 is 31.1. The molecule has 14 heteroatoms. The molecule has 13 nitrogen and oxygen atoms in total. The number of aliphatic hydroxyl groups is 1. The van der Waals surface area contributed by atoms with E-state index >= 15 is 0 Å². The van der Waals surface area contributed by atoms with Gasteiger partial charge in [-0.3, -0.25) is 4.79 Å². The molecule has 4 atom stereocenters. The number of nitrogens with zero attached hydrogens (tertiary/aromatic N) is 6. The molecule has 284 valence electrons. The Morgan fingerprint density at radius 1 is 1.00 bits per heavy atom. The number of rotatable bonds is 17. The van der Waals surface area contributed by atoms with Crippen molar-refractivity contribution < 1.29 is 28.3 Å². The average Bonchev–Trinajstić information content (AvgIpc) is 3.66. The van der Waals surface area contributed by atoms with E-state index in [0.717, 1.165) is 22.4 Å². The maximum absolute atomic E-state index is 14.4. The van der Waals surface area contributed by atoms with Crippen LogP contribution in [0.3, 0.4) is 0 Å². The molecule has 1 fully saturated rings. The first-order valence-corrected chi connectivity index (χ1v) is 19.5. The number of amides is 3. The Kier molecular flexibility index (Phi) is 12.9. The lowest BCUT2D eigenvalue weighted by Crippen LogP contribution is -2.57. The van der Waals surface area contributed by atoms with Gasteiger partial charge in [0.05, 0.1) is 40.8 Å². The van der Waals surface area contributed by atoms with Crippen molar-refractivity contribution >= 4 is 39.2 Å². The SMILES string of the molecule is CC[C@H](C)[C@H](C(=O)N[C@@H](Cc1ccccc1)C(O)CN(CC(C)C)S(=O)(=O)c1ccc(/C=N/O)cc1)N1CCN(Cc2nc3ccccc3n2C)C1=O. The molecule has 0 bridgehead atoms. The number of carbonyl (C=O) groups excluding carboxylic acids is 2. The third-order valence-corrected chi connectivity index (χ3v) is 11.7. The van der Waals surface area contributed by atoms with E-state index in [4.69, 9.17) is 10.2 Å². The summed E-state index contributed by atoms with van der Waals surface area (Å²) in [5, 5.41) is 26.8. The van der Waals surface area contributed by atoms with E-state index in [-0.39, 0.29) is 42.3 Å². The van der Waals surface area contributed by atoms with Crippen molar-refractivity contribution in [3.8, 4) is 0 Å². The lowest BCUT2D eigenvalue weighted by molar-refractivity contribution is -0.128. The average molecular weight is 746 g/mol. The molecule has 3 aromatic carbocycles. The Hall–Kier alpha value is -4.79. The summed E-state index contributed by atoms with van der Waals surface area (Å²) >= 11 is 0. The van der Waals surface area contributed by atoms with Crippen LogP contribution in [0.4, 0.5) is 4.79 Å². The zero-order valence-corrected chi connectivity index (χ0v) is 31.9. The van der Waals surface area contributed by atoms with Crippen LogP contribution in [-0.4, -0.2) is 105 Å². The Morgan fingerprint density at radius 2 is 1.68 bits per heavy atom. The zero-order chi connectivity index (χ0) is 38.3. The molecule has 5 rings (SSSR count). The quantitative estimate of drug-likeness (QED) is 0.0817. The minimum absolute atomic E-state index is 0.0247. The monoisotopic (exact) mass is 745 g/mol. The van der Waals surface area contributed by atoms with Gasteiger partial charge in [0.2, 0.25) is 15.9 Å². The number of urea groups is 1. The van der Waals surface area contributed by atoms with Crippen molar-refractivity contribution in [1.29, 1.82) is 0 Å². The van der Waals surface area contributed by atoms with E-state index in [1.54, 1.807) is 9.80 Å². The largest absolute Gasteiger partial charge is 0.411 e. The number of aryl methyl sites for hydroxylation is 1. The number of benzene rings is 3. The number of sulfonamides is 1. The maximum Gasteiger partial charge on any atom is 0.321 e. The molecule has 1 unspecified atom stereocenters. The highest BCUT2D eigenvalue weighted by atomic mass is 32.2. The van der Waals surface area contributed by atoms with Gasteiger partial charge >= 0.3 is 6.03 Å². The van der Waals surface area contributed by atoms with Gasteiger partial charge in [-0.2, -0.15) is 4.31 Å². The molecule has 1 aromatic heterocycles. The number of nitrogens with one attached hydrogen (secondary N) is 1. The van der Waals surface area contributed by atoms with E-state index in [1.165, 1.54) is 34.8 Å². The number of aromatic nitrogens is 2. The molecule has 53 heavy (non-hydrogen) atoms. The summed E-state index contributed by atoms with van der Waals surface area (Å²) in [6.07, 6.45) is 0.764. The van der Waals surface area contributed by atoms with Crippen LogP contribution in [0.1, 0.15) is 51.1 Å². The number of hydrogen-bond acceptors (Lipinski definition) is 8. The van der Waals surface area contributed by atoms with E-state index in [1.807, 2.05) is 93.9 Å². The number of hydrogen-bond donors (Lipinski definition) is 3. The minimum atomic E-state index is -4.07. The number of para-hydroxylation sites is 2. The molecule has 1 saturated heterocycles. The summed E-state index contributed by atoms with van der Waals surface area (Å²) in [4.78, 5) is 36.4. The van der Waals surface area contributed by atoms with Crippen LogP contribution in [0.25, 0.3) is 11.0 Å². The number of aliphatic hydroxyl groups excluding tert-OH is 1. The third kappa shape index (κ3) is 9.24. The van der Waals surface area contributed by atoms with Crippen molar-refractivity contribution in [2.75, 3.05) is 26.2 Å². The third-order valence-electron chi connectivity index (χ3n) is 9.90.